The molecule has 1 aliphatic carbocycles. The summed E-state index contributed by atoms with van der Waals surface area (Å²) in [4.78, 5) is 46.1. The summed E-state index contributed by atoms with van der Waals surface area (Å²) in [6.45, 7) is 6.10. The molecule has 8 nitrogen and oxygen atoms in total. The molecule has 1 saturated carbocycles. The second-order valence-corrected chi connectivity index (χ2v) is 14.7. The number of aryl methyl sites for hydroxylation is 3. The van der Waals surface area contributed by atoms with Gasteiger partial charge in [-0.25, -0.2) is 13.6 Å². The van der Waals surface area contributed by atoms with Crippen LogP contribution in [0.5, 0.6) is 0 Å². The fraction of sp³-hybridized carbons (Fsp3) is 0.526. The van der Waals surface area contributed by atoms with Crippen molar-refractivity contribution in [1.29, 1.82) is 0 Å². The lowest BCUT2D eigenvalue weighted by molar-refractivity contribution is -0.140. The molecule has 3 heterocycles. The number of carbonyl (C=O) groups excluding carboxylic acids is 1. The molecule has 1 aromatic heterocycles. The molecule has 1 saturated heterocycles. The zero-order valence-corrected chi connectivity index (χ0v) is 28.8. The highest BCUT2D eigenvalue weighted by Gasteiger charge is 2.51. The molecule has 3 aliphatic rings. The van der Waals surface area contributed by atoms with E-state index in [4.69, 9.17) is 0 Å². The maximum Gasteiger partial charge on any atom is 0.419 e. The van der Waals surface area contributed by atoms with Gasteiger partial charge < -0.3 is 15.3 Å². The van der Waals surface area contributed by atoms with Crippen LogP contribution in [0.4, 0.5) is 22.0 Å². The van der Waals surface area contributed by atoms with Crippen molar-refractivity contribution in [3.63, 3.8) is 0 Å². The number of alkyl halides is 3. The van der Waals surface area contributed by atoms with Gasteiger partial charge in [0.2, 0.25) is 5.91 Å². The Balaban J connectivity index is 1.41. The average Bonchev–Trinajstić information content (AvgIpc) is 3.82. The summed E-state index contributed by atoms with van der Waals surface area (Å²) in [7, 11) is 0. The van der Waals surface area contributed by atoms with Gasteiger partial charge >= 0.3 is 17.8 Å². The molecule has 2 atom stereocenters. The molecule has 0 unspecified atom stereocenters. The molecule has 2 fully saturated rings. The fourth-order valence-corrected chi connectivity index (χ4v) is 7.83. The van der Waals surface area contributed by atoms with Crippen molar-refractivity contribution in [2.45, 2.75) is 103 Å². The Morgan fingerprint density at radius 2 is 1.73 bits per heavy atom. The van der Waals surface area contributed by atoms with Crippen molar-refractivity contribution in [2.75, 3.05) is 19.6 Å². The molecule has 0 radical (unpaired) electrons. The first-order chi connectivity index (χ1) is 24.1. The molecular formula is C38H43F5N4O4. The van der Waals surface area contributed by atoms with E-state index < -0.39 is 65.0 Å². The van der Waals surface area contributed by atoms with Crippen molar-refractivity contribution in [3.05, 3.63) is 86.1 Å². The molecule has 2 aromatic carbocycles. The molecule has 6 rings (SSSR count). The van der Waals surface area contributed by atoms with Gasteiger partial charge in [-0.3, -0.25) is 14.2 Å². The summed E-state index contributed by atoms with van der Waals surface area (Å²) in [5.74, 6) is -4.59. The minimum Gasteiger partial charge on any atom is -0.481 e. The van der Waals surface area contributed by atoms with Crippen LogP contribution < -0.4 is 11.0 Å². The Bertz CT molecular complexity index is 1880. The van der Waals surface area contributed by atoms with Gasteiger partial charge in [0.1, 0.15) is 17.7 Å². The van der Waals surface area contributed by atoms with Crippen LogP contribution in [0.1, 0.15) is 103 Å². The number of hydrogen-bond acceptors (Lipinski definition) is 5. The molecule has 13 heteroatoms. The van der Waals surface area contributed by atoms with Crippen LogP contribution in [0.15, 0.2) is 35.3 Å². The number of nitrogens with zero attached hydrogens (tertiary/aromatic N) is 3. The number of amides is 1. The van der Waals surface area contributed by atoms with Crippen molar-refractivity contribution in [3.8, 4) is 11.1 Å². The Hall–Kier alpha value is -4.13. The molecule has 2 bridgehead atoms. The fourth-order valence-electron chi connectivity index (χ4n) is 7.83. The smallest absolute Gasteiger partial charge is 0.419 e. The van der Waals surface area contributed by atoms with E-state index in [0.29, 0.717) is 66.0 Å². The number of benzene rings is 2. The van der Waals surface area contributed by atoms with Gasteiger partial charge in [-0.15, -0.1) is 0 Å². The van der Waals surface area contributed by atoms with Gasteiger partial charge in [0.15, 0.2) is 0 Å². The molecular weight excluding hydrogens is 671 g/mol. The van der Waals surface area contributed by atoms with Crippen molar-refractivity contribution in [2.24, 2.45) is 5.41 Å². The number of hydrogen-bond donors (Lipinski definition) is 2. The molecule has 1 amide bonds. The zero-order chi connectivity index (χ0) is 36.7. The second-order valence-electron chi connectivity index (χ2n) is 14.7. The van der Waals surface area contributed by atoms with Crippen LogP contribution in [0.2, 0.25) is 0 Å². The quantitative estimate of drug-likeness (QED) is 0.261. The van der Waals surface area contributed by atoms with Crippen molar-refractivity contribution < 1.29 is 36.6 Å². The topological polar surface area (TPSA) is 105 Å². The summed E-state index contributed by atoms with van der Waals surface area (Å²) >= 11 is 0. The Labute approximate surface area is 293 Å². The van der Waals surface area contributed by atoms with Crippen molar-refractivity contribution >= 4 is 11.9 Å². The minimum absolute atomic E-state index is 0.0714. The number of carbonyl (C=O) groups is 2. The van der Waals surface area contributed by atoms with E-state index in [0.717, 1.165) is 44.1 Å². The lowest BCUT2D eigenvalue weighted by atomic mass is 9.87. The highest BCUT2D eigenvalue weighted by molar-refractivity contribution is 5.82. The molecule has 2 N–H and O–H groups in total. The number of carboxylic acid groups (broad SMARTS) is 1. The predicted octanol–water partition coefficient (Wildman–Crippen LogP) is 7.23. The highest BCUT2D eigenvalue weighted by atomic mass is 19.4. The monoisotopic (exact) mass is 714 g/mol. The number of likely N-dealkylation sites (tertiary alicyclic amines) is 1. The van der Waals surface area contributed by atoms with Crippen LogP contribution in [0.3, 0.4) is 0 Å². The van der Waals surface area contributed by atoms with Crippen LogP contribution >= 0.6 is 0 Å². The number of aromatic nitrogens is 2. The molecule has 1 spiro atoms. The minimum atomic E-state index is -5.17. The SMILES string of the molecule is Cc1cc(F)cc2c1-c1cc(c(F)c(C(F)(F)F)c1)[C@H](CC(=O)O)NC(=O)[C@@H](n1cc(CCN3CC4(CC4)C3)c(C)nc1=O)CCCCCCC2. The van der Waals surface area contributed by atoms with Gasteiger partial charge in [0.05, 0.1) is 18.0 Å². The number of aliphatic carboxylic acids is 1. The first kappa shape index (κ1) is 36.7. The molecule has 3 aromatic rings. The molecule has 51 heavy (non-hydrogen) atoms. The van der Waals surface area contributed by atoms with Gasteiger partial charge in [0.25, 0.3) is 0 Å². The third kappa shape index (κ3) is 8.18. The third-order valence-electron chi connectivity index (χ3n) is 10.7. The lowest BCUT2D eigenvalue weighted by Gasteiger charge is -2.40. The average molecular weight is 715 g/mol. The third-order valence-corrected chi connectivity index (χ3v) is 10.7. The summed E-state index contributed by atoms with van der Waals surface area (Å²) < 4.78 is 74.9. The number of nitrogens with one attached hydrogen (secondary N) is 1. The summed E-state index contributed by atoms with van der Waals surface area (Å²) in [6.07, 6.45) is 2.36. The number of rotatable bonds is 6. The largest absolute Gasteiger partial charge is 0.481 e. The molecule has 2 aliphatic heterocycles. The van der Waals surface area contributed by atoms with Crippen LogP contribution in [-0.4, -0.2) is 51.1 Å². The van der Waals surface area contributed by atoms with Crippen molar-refractivity contribution in [1.82, 2.24) is 19.8 Å². The van der Waals surface area contributed by atoms with E-state index >= 15 is 4.39 Å². The maximum atomic E-state index is 16.0. The Morgan fingerprint density at radius 3 is 2.41 bits per heavy atom. The van der Waals surface area contributed by atoms with E-state index in [9.17, 15) is 37.1 Å². The highest BCUT2D eigenvalue weighted by Crippen LogP contribution is 2.52. The first-order valence-corrected chi connectivity index (χ1v) is 17.7. The van der Waals surface area contributed by atoms with Crippen LogP contribution in [0, 0.1) is 30.9 Å². The normalized spacial score (nSPS) is 21.1. The van der Waals surface area contributed by atoms with Gasteiger partial charge in [-0.05, 0) is 110 Å². The number of carboxylic acids is 1. The zero-order valence-electron chi connectivity index (χ0n) is 28.8. The van der Waals surface area contributed by atoms with Gasteiger partial charge in [0, 0.05) is 37.1 Å². The Kier molecular flexibility index (Phi) is 10.4. The Morgan fingerprint density at radius 1 is 1.02 bits per heavy atom. The summed E-state index contributed by atoms with van der Waals surface area (Å²) in [5.41, 5.74) is -0.210. The number of halogens is 5. The van der Waals surface area contributed by atoms with E-state index in [2.05, 4.69) is 15.2 Å². The van der Waals surface area contributed by atoms with E-state index in [-0.39, 0.29) is 12.0 Å². The van der Waals surface area contributed by atoms with Crippen LogP contribution in [-0.2, 0) is 28.6 Å². The second kappa shape index (κ2) is 14.5. The molecule has 274 valence electrons. The standard InChI is InChI=1S/C38H43F5N4O4/c1-22-14-27(39)15-24-8-6-4-3-5-7-9-31(47-19-25(23(2)44-36(47)51)10-13-46-20-37(21-46)11-12-37)35(50)45-30(18-32(48)49)28-16-26(33(22)24)17-29(34(28)40)38(41,42)43/h14-17,19,30-31H,3-13,18,20-21H2,1-2H3,(H,45,50)(H,48,49)/t30-,31-/m0/s1. The lowest BCUT2D eigenvalue weighted by Crippen LogP contribution is -2.49. The predicted molar refractivity (Wildman–Crippen MR) is 180 cm³/mol. The summed E-state index contributed by atoms with van der Waals surface area (Å²) in [5, 5.41) is 12.3. The van der Waals surface area contributed by atoms with E-state index in [1.807, 2.05) is 0 Å². The van der Waals surface area contributed by atoms with E-state index in [1.54, 1.807) is 20.0 Å². The van der Waals surface area contributed by atoms with E-state index in [1.165, 1.54) is 29.5 Å². The van der Waals surface area contributed by atoms with Crippen LogP contribution in [0.25, 0.3) is 11.1 Å². The van der Waals surface area contributed by atoms with Gasteiger partial charge in [-0.2, -0.15) is 18.2 Å². The van der Waals surface area contributed by atoms with Gasteiger partial charge in [-0.1, -0.05) is 25.7 Å². The maximum absolute atomic E-state index is 16.0. The summed E-state index contributed by atoms with van der Waals surface area (Å²) in [6, 6.07) is 1.30. The number of fused-ring (bicyclic) bond motifs is 4. The first-order valence-electron chi connectivity index (χ1n) is 17.7.